The largest absolute Gasteiger partial charge is 0.478 e. The third-order valence-electron chi connectivity index (χ3n) is 4.40. The molecule has 0 unspecified atom stereocenters. The number of fused-ring (bicyclic) bond motifs is 1. The second kappa shape index (κ2) is 8.85. The third kappa shape index (κ3) is 4.72. The van der Waals surface area contributed by atoms with E-state index in [9.17, 15) is 4.79 Å². The average Bonchev–Trinajstić information content (AvgIpc) is 2.95. The molecule has 2 N–H and O–H groups in total. The van der Waals surface area contributed by atoms with Gasteiger partial charge in [-0.2, -0.15) is 5.10 Å². The number of allylic oxidation sites excluding steroid dienone is 1. The number of rotatable bonds is 2. The van der Waals surface area contributed by atoms with Crippen LogP contribution in [-0.4, -0.2) is 30.4 Å². The predicted octanol–water partition coefficient (Wildman–Crippen LogP) is 4.49. The Morgan fingerprint density at radius 3 is 2.65 bits per heavy atom. The number of benzene rings is 2. The van der Waals surface area contributed by atoms with Crippen LogP contribution in [0.4, 0.5) is 11.4 Å². The first-order valence-corrected chi connectivity index (χ1v) is 8.87. The highest BCUT2D eigenvalue weighted by Crippen LogP contribution is 2.20. The van der Waals surface area contributed by atoms with Gasteiger partial charge in [0.25, 0.3) is 0 Å². The molecule has 2 heterocycles. The van der Waals surface area contributed by atoms with Crippen molar-refractivity contribution in [1.29, 1.82) is 0 Å². The summed E-state index contributed by atoms with van der Waals surface area (Å²) in [5, 5.41) is 12.8. The molecule has 0 spiro atoms. The van der Waals surface area contributed by atoms with Gasteiger partial charge in [-0.05, 0) is 55.2 Å². The number of para-hydroxylation sites is 1. The summed E-state index contributed by atoms with van der Waals surface area (Å²) in [6, 6.07) is 15.2. The van der Waals surface area contributed by atoms with Crippen LogP contribution < -0.4 is 10.3 Å². The Hall–Kier alpha value is -3.08. The Balaban J connectivity index is 0.000000158. The van der Waals surface area contributed by atoms with Gasteiger partial charge in [0, 0.05) is 25.0 Å². The van der Waals surface area contributed by atoms with E-state index >= 15 is 0 Å². The molecule has 0 radical (unpaired) electrons. The highest BCUT2D eigenvalue weighted by atomic mass is 16.4. The molecule has 4 rings (SSSR count). The van der Waals surface area contributed by atoms with Crippen LogP contribution in [-0.2, 0) is 0 Å². The summed E-state index contributed by atoms with van der Waals surface area (Å²) in [5.41, 5.74) is 6.57. The highest BCUT2D eigenvalue weighted by Gasteiger charge is 2.12. The Bertz CT molecular complexity index is 808. The first kappa shape index (κ1) is 17.7. The van der Waals surface area contributed by atoms with Crippen molar-refractivity contribution < 1.29 is 9.90 Å². The van der Waals surface area contributed by atoms with Crippen molar-refractivity contribution in [3.63, 3.8) is 0 Å². The molecule has 2 aromatic carbocycles. The SMILES string of the molecule is C1=Cc2ccccc2NN=C1.O=C(O)c1cccc(N2CCCCC2)c1. The van der Waals surface area contributed by atoms with E-state index in [-0.39, 0.29) is 0 Å². The number of carboxylic acid groups (broad SMARTS) is 1. The van der Waals surface area contributed by atoms with Crippen molar-refractivity contribution in [3.05, 3.63) is 65.7 Å². The fourth-order valence-electron chi connectivity index (χ4n) is 3.03. The Morgan fingerprint density at radius 1 is 1.04 bits per heavy atom. The number of hydrogen-bond donors (Lipinski definition) is 2. The van der Waals surface area contributed by atoms with Gasteiger partial charge in [0.1, 0.15) is 0 Å². The van der Waals surface area contributed by atoms with Gasteiger partial charge in [-0.15, -0.1) is 0 Å². The lowest BCUT2D eigenvalue weighted by molar-refractivity contribution is 0.0697. The van der Waals surface area contributed by atoms with Gasteiger partial charge in [0.2, 0.25) is 0 Å². The fraction of sp³-hybridized carbons (Fsp3) is 0.238. The predicted molar refractivity (Wildman–Crippen MR) is 107 cm³/mol. The van der Waals surface area contributed by atoms with Gasteiger partial charge in [0.15, 0.2) is 0 Å². The quantitative estimate of drug-likeness (QED) is 0.839. The van der Waals surface area contributed by atoms with Crippen LogP contribution in [0.2, 0.25) is 0 Å². The molecule has 2 aliphatic rings. The van der Waals surface area contributed by atoms with E-state index < -0.39 is 5.97 Å². The average molecular weight is 349 g/mol. The number of nitrogens with one attached hydrogen (secondary N) is 1. The molecule has 26 heavy (non-hydrogen) atoms. The van der Waals surface area contributed by atoms with Gasteiger partial charge in [-0.25, -0.2) is 4.79 Å². The summed E-state index contributed by atoms with van der Waals surface area (Å²) in [7, 11) is 0. The lowest BCUT2D eigenvalue weighted by Crippen LogP contribution is -2.29. The monoisotopic (exact) mass is 349 g/mol. The maximum atomic E-state index is 10.8. The molecule has 1 fully saturated rings. The van der Waals surface area contributed by atoms with Crippen molar-refractivity contribution in [1.82, 2.24) is 0 Å². The van der Waals surface area contributed by atoms with Gasteiger partial charge in [-0.3, -0.25) is 5.43 Å². The first-order chi connectivity index (χ1) is 12.7. The van der Waals surface area contributed by atoms with Gasteiger partial charge < -0.3 is 10.0 Å². The standard InChI is InChI=1S/C12H15NO2.C9H8N2/c14-12(15)10-5-4-6-11(9-10)13-7-2-1-3-8-13;1-2-6-9-8(4-1)5-3-7-10-11-9/h4-6,9H,1-3,7-8H2,(H,14,15);1-7,11H. The van der Waals surface area contributed by atoms with Gasteiger partial charge in [-0.1, -0.05) is 30.3 Å². The minimum atomic E-state index is -0.853. The number of hydrazone groups is 1. The molecule has 0 amide bonds. The van der Waals surface area contributed by atoms with E-state index in [2.05, 4.69) is 15.4 Å². The molecule has 0 aliphatic carbocycles. The third-order valence-corrected chi connectivity index (χ3v) is 4.40. The first-order valence-electron chi connectivity index (χ1n) is 8.87. The summed E-state index contributed by atoms with van der Waals surface area (Å²) in [6.07, 6.45) is 9.38. The number of piperidine rings is 1. The van der Waals surface area contributed by atoms with E-state index in [1.807, 2.05) is 48.6 Å². The molecule has 5 heteroatoms. The summed E-state index contributed by atoms with van der Waals surface area (Å²) in [5.74, 6) is -0.853. The summed E-state index contributed by atoms with van der Waals surface area (Å²) in [6.45, 7) is 2.09. The van der Waals surface area contributed by atoms with Crippen LogP contribution in [0.5, 0.6) is 0 Å². The van der Waals surface area contributed by atoms with Crippen LogP contribution in [0.3, 0.4) is 0 Å². The molecule has 0 atom stereocenters. The van der Waals surface area contributed by atoms with Gasteiger partial charge >= 0.3 is 5.97 Å². The van der Waals surface area contributed by atoms with E-state index in [0.29, 0.717) is 5.56 Å². The van der Waals surface area contributed by atoms with Crippen molar-refractivity contribution in [2.45, 2.75) is 19.3 Å². The molecular weight excluding hydrogens is 326 g/mol. The minimum absolute atomic E-state index is 0.373. The van der Waals surface area contributed by atoms with E-state index in [0.717, 1.165) is 24.5 Å². The molecule has 0 aromatic heterocycles. The summed E-state index contributed by atoms with van der Waals surface area (Å²) >= 11 is 0. The highest BCUT2D eigenvalue weighted by molar-refractivity contribution is 5.88. The molecule has 0 bridgehead atoms. The van der Waals surface area contributed by atoms with Crippen LogP contribution >= 0.6 is 0 Å². The van der Waals surface area contributed by atoms with E-state index in [1.54, 1.807) is 18.3 Å². The Labute approximate surface area is 153 Å². The van der Waals surface area contributed by atoms with Crippen molar-refractivity contribution in [2.24, 2.45) is 5.10 Å². The van der Waals surface area contributed by atoms with E-state index in [1.165, 1.54) is 24.8 Å². The lowest BCUT2D eigenvalue weighted by Gasteiger charge is -2.28. The van der Waals surface area contributed by atoms with Crippen LogP contribution in [0.15, 0.2) is 59.7 Å². The lowest BCUT2D eigenvalue weighted by atomic mass is 10.1. The van der Waals surface area contributed by atoms with E-state index in [4.69, 9.17) is 5.11 Å². The van der Waals surface area contributed by atoms with Crippen molar-refractivity contribution in [2.75, 3.05) is 23.4 Å². The number of carbonyl (C=O) groups is 1. The second-order valence-corrected chi connectivity index (χ2v) is 6.24. The van der Waals surface area contributed by atoms with Crippen LogP contribution in [0.1, 0.15) is 35.2 Å². The summed E-state index contributed by atoms with van der Waals surface area (Å²) in [4.78, 5) is 13.1. The number of aromatic carboxylic acids is 1. The second-order valence-electron chi connectivity index (χ2n) is 6.24. The number of anilines is 2. The molecule has 5 nitrogen and oxygen atoms in total. The number of carboxylic acids is 1. The maximum Gasteiger partial charge on any atom is 0.335 e. The van der Waals surface area contributed by atoms with Crippen LogP contribution in [0.25, 0.3) is 6.08 Å². The number of nitrogens with zero attached hydrogens (tertiary/aromatic N) is 2. The zero-order valence-electron chi connectivity index (χ0n) is 14.6. The number of hydrogen-bond acceptors (Lipinski definition) is 4. The minimum Gasteiger partial charge on any atom is -0.478 e. The van der Waals surface area contributed by atoms with Crippen molar-refractivity contribution >= 4 is 29.6 Å². The molecular formula is C21H23N3O2. The Kier molecular flexibility index (Phi) is 6.04. The van der Waals surface area contributed by atoms with Crippen molar-refractivity contribution in [3.8, 4) is 0 Å². The molecule has 0 saturated carbocycles. The summed E-state index contributed by atoms with van der Waals surface area (Å²) < 4.78 is 0. The zero-order chi connectivity index (χ0) is 18.2. The smallest absolute Gasteiger partial charge is 0.335 e. The normalized spacial score (nSPS) is 15.2. The molecule has 2 aromatic rings. The molecule has 1 saturated heterocycles. The Morgan fingerprint density at radius 2 is 1.85 bits per heavy atom. The molecule has 134 valence electrons. The van der Waals surface area contributed by atoms with Gasteiger partial charge in [0.05, 0.1) is 11.3 Å². The fourth-order valence-corrected chi connectivity index (χ4v) is 3.03. The van der Waals surface area contributed by atoms with Crippen LogP contribution in [0, 0.1) is 0 Å². The zero-order valence-corrected chi connectivity index (χ0v) is 14.6. The maximum absolute atomic E-state index is 10.8. The molecule has 2 aliphatic heterocycles. The topological polar surface area (TPSA) is 64.9 Å².